The first kappa shape index (κ1) is 12.3. The van der Waals surface area contributed by atoms with Crippen LogP contribution in [0.3, 0.4) is 0 Å². The van der Waals surface area contributed by atoms with E-state index in [0.29, 0.717) is 18.3 Å². The van der Waals surface area contributed by atoms with Crippen molar-refractivity contribution in [1.29, 1.82) is 0 Å². The fourth-order valence-corrected chi connectivity index (χ4v) is 2.41. The summed E-state index contributed by atoms with van der Waals surface area (Å²) in [6.45, 7) is 4.64. The van der Waals surface area contributed by atoms with Crippen LogP contribution in [-0.2, 0) is 6.54 Å². The highest BCUT2D eigenvalue weighted by molar-refractivity contribution is 5.53. The molecule has 1 aromatic carbocycles. The number of hydrogen-bond donors (Lipinski definition) is 1. The molecule has 2 heterocycles. The molecule has 1 fully saturated rings. The molecule has 0 saturated carbocycles. The molecule has 0 bridgehead atoms. The van der Waals surface area contributed by atoms with Crippen LogP contribution in [0.15, 0.2) is 28.7 Å². The lowest BCUT2D eigenvalue weighted by atomic mass is 10.1. The number of nitrogens with two attached hydrogens (primary N) is 1. The Kier molecular flexibility index (Phi) is 3.31. The van der Waals surface area contributed by atoms with Gasteiger partial charge in [0.25, 0.3) is 0 Å². The molecule has 1 aliphatic rings. The Balaban J connectivity index is 1.73. The first-order chi connectivity index (χ1) is 9.20. The molecule has 5 heteroatoms. The third-order valence-electron chi connectivity index (χ3n) is 3.40. The number of hydrogen-bond acceptors (Lipinski definition) is 5. The maximum atomic E-state index is 5.88. The first-order valence-corrected chi connectivity index (χ1v) is 6.58. The van der Waals surface area contributed by atoms with E-state index in [1.54, 1.807) is 0 Å². The molecule has 5 nitrogen and oxygen atoms in total. The summed E-state index contributed by atoms with van der Waals surface area (Å²) < 4.78 is 5.72. The standard InChI is InChI=1S/C14H18N4O/c1-10-3-2-4-11(7-10)14-17-16-13(19-14)9-18-6-5-12(15)8-18/h2-4,7,12H,5-6,8-9,15H2,1H3/t12-/m0/s1. The van der Waals surface area contributed by atoms with Gasteiger partial charge in [0.2, 0.25) is 11.8 Å². The summed E-state index contributed by atoms with van der Waals surface area (Å²) in [5, 5.41) is 8.23. The molecule has 0 aliphatic carbocycles. The van der Waals surface area contributed by atoms with Crippen molar-refractivity contribution in [1.82, 2.24) is 15.1 Å². The molecule has 0 amide bonds. The van der Waals surface area contributed by atoms with Crippen LogP contribution in [0.5, 0.6) is 0 Å². The Hall–Kier alpha value is -1.72. The molecular formula is C14H18N4O. The van der Waals surface area contributed by atoms with Crippen LogP contribution in [-0.4, -0.2) is 34.2 Å². The average molecular weight is 258 g/mol. The van der Waals surface area contributed by atoms with E-state index < -0.39 is 0 Å². The van der Waals surface area contributed by atoms with Crippen molar-refractivity contribution >= 4 is 0 Å². The van der Waals surface area contributed by atoms with Crippen molar-refractivity contribution in [2.24, 2.45) is 5.73 Å². The predicted molar refractivity (Wildman–Crippen MR) is 72.3 cm³/mol. The van der Waals surface area contributed by atoms with Gasteiger partial charge in [-0.1, -0.05) is 17.7 Å². The largest absolute Gasteiger partial charge is 0.419 e. The monoisotopic (exact) mass is 258 g/mol. The van der Waals surface area contributed by atoms with Crippen LogP contribution in [0.2, 0.25) is 0 Å². The second-order valence-electron chi connectivity index (χ2n) is 5.15. The summed E-state index contributed by atoms with van der Waals surface area (Å²) in [7, 11) is 0. The number of likely N-dealkylation sites (tertiary alicyclic amines) is 1. The zero-order valence-electron chi connectivity index (χ0n) is 11.0. The van der Waals surface area contributed by atoms with Crippen molar-refractivity contribution in [2.45, 2.75) is 25.9 Å². The average Bonchev–Trinajstić information content (AvgIpc) is 2.99. The first-order valence-electron chi connectivity index (χ1n) is 6.58. The van der Waals surface area contributed by atoms with E-state index in [1.165, 1.54) is 5.56 Å². The Labute approximate surface area is 112 Å². The molecule has 1 aliphatic heterocycles. The molecule has 19 heavy (non-hydrogen) atoms. The Bertz CT molecular complexity index is 566. The molecule has 0 unspecified atom stereocenters. The van der Waals surface area contributed by atoms with E-state index in [-0.39, 0.29) is 6.04 Å². The van der Waals surface area contributed by atoms with Crippen molar-refractivity contribution in [3.63, 3.8) is 0 Å². The van der Waals surface area contributed by atoms with E-state index in [9.17, 15) is 0 Å². The molecule has 0 spiro atoms. The maximum Gasteiger partial charge on any atom is 0.247 e. The molecule has 1 atom stereocenters. The molecule has 3 rings (SSSR count). The minimum absolute atomic E-state index is 0.277. The highest BCUT2D eigenvalue weighted by atomic mass is 16.4. The van der Waals surface area contributed by atoms with Gasteiger partial charge in [0.1, 0.15) is 0 Å². The van der Waals surface area contributed by atoms with Gasteiger partial charge < -0.3 is 10.2 Å². The van der Waals surface area contributed by atoms with Gasteiger partial charge in [0, 0.05) is 24.7 Å². The fraction of sp³-hybridized carbons (Fsp3) is 0.429. The van der Waals surface area contributed by atoms with Gasteiger partial charge >= 0.3 is 0 Å². The lowest BCUT2D eigenvalue weighted by Gasteiger charge is -2.11. The topological polar surface area (TPSA) is 68.2 Å². The number of rotatable bonds is 3. The zero-order valence-corrected chi connectivity index (χ0v) is 11.0. The number of benzene rings is 1. The van der Waals surface area contributed by atoms with Crippen LogP contribution in [0.1, 0.15) is 17.9 Å². The maximum absolute atomic E-state index is 5.88. The third-order valence-corrected chi connectivity index (χ3v) is 3.40. The Morgan fingerprint density at radius 2 is 2.32 bits per heavy atom. The molecule has 100 valence electrons. The van der Waals surface area contributed by atoms with Gasteiger partial charge in [-0.25, -0.2) is 0 Å². The third kappa shape index (κ3) is 2.83. The molecule has 1 saturated heterocycles. The van der Waals surface area contributed by atoms with E-state index >= 15 is 0 Å². The smallest absolute Gasteiger partial charge is 0.247 e. The van der Waals surface area contributed by atoms with Gasteiger partial charge in [-0.3, -0.25) is 4.90 Å². The minimum atomic E-state index is 0.277. The molecule has 1 aromatic heterocycles. The van der Waals surface area contributed by atoms with E-state index in [1.807, 2.05) is 31.2 Å². The van der Waals surface area contributed by atoms with Crippen molar-refractivity contribution < 1.29 is 4.42 Å². The molecular weight excluding hydrogens is 240 g/mol. The minimum Gasteiger partial charge on any atom is -0.419 e. The van der Waals surface area contributed by atoms with Gasteiger partial charge in [-0.2, -0.15) is 0 Å². The van der Waals surface area contributed by atoms with E-state index in [2.05, 4.69) is 15.1 Å². The molecule has 2 N–H and O–H groups in total. The van der Waals surface area contributed by atoms with Crippen LogP contribution in [0, 0.1) is 6.92 Å². The predicted octanol–water partition coefficient (Wildman–Crippen LogP) is 1.58. The molecule has 0 radical (unpaired) electrons. The van der Waals surface area contributed by atoms with Crippen LogP contribution < -0.4 is 5.73 Å². The van der Waals surface area contributed by atoms with Crippen LogP contribution >= 0.6 is 0 Å². The highest BCUT2D eigenvalue weighted by Gasteiger charge is 2.21. The number of nitrogens with zero attached hydrogens (tertiary/aromatic N) is 3. The second kappa shape index (κ2) is 5.11. The van der Waals surface area contributed by atoms with Gasteiger partial charge in [0.15, 0.2) is 0 Å². The van der Waals surface area contributed by atoms with Gasteiger partial charge in [0.05, 0.1) is 6.54 Å². The van der Waals surface area contributed by atoms with Gasteiger partial charge in [-0.15, -0.1) is 10.2 Å². The number of aromatic nitrogens is 2. The summed E-state index contributed by atoms with van der Waals surface area (Å²) >= 11 is 0. The quantitative estimate of drug-likeness (QED) is 0.905. The van der Waals surface area contributed by atoms with Crippen molar-refractivity contribution in [2.75, 3.05) is 13.1 Å². The zero-order chi connectivity index (χ0) is 13.2. The summed E-state index contributed by atoms with van der Waals surface area (Å²) in [4.78, 5) is 2.25. The summed E-state index contributed by atoms with van der Waals surface area (Å²) in [6, 6.07) is 8.35. The van der Waals surface area contributed by atoms with E-state index in [0.717, 1.165) is 25.1 Å². The normalized spacial score (nSPS) is 20.0. The fourth-order valence-electron chi connectivity index (χ4n) is 2.41. The lowest BCUT2D eigenvalue weighted by molar-refractivity contribution is 0.289. The van der Waals surface area contributed by atoms with Crippen LogP contribution in [0.4, 0.5) is 0 Å². The summed E-state index contributed by atoms with van der Waals surface area (Å²) in [5.74, 6) is 1.24. The Morgan fingerprint density at radius 3 is 3.05 bits per heavy atom. The number of aryl methyl sites for hydroxylation is 1. The van der Waals surface area contributed by atoms with Crippen molar-refractivity contribution in [3.8, 4) is 11.5 Å². The van der Waals surface area contributed by atoms with Crippen molar-refractivity contribution in [3.05, 3.63) is 35.7 Å². The van der Waals surface area contributed by atoms with Crippen LogP contribution in [0.25, 0.3) is 11.5 Å². The SMILES string of the molecule is Cc1cccc(-c2nnc(CN3CC[C@H](N)C3)o2)c1. The second-order valence-corrected chi connectivity index (χ2v) is 5.15. The molecule has 2 aromatic rings. The Morgan fingerprint density at radius 1 is 1.42 bits per heavy atom. The summed E-state index contributed by atoms with van der Waals surface area (Å²) in [5.41, 5.74) is 8.04. The lowest BCUT2D eigenvalue weighted by Crippen LogP contribution is -2.26. The highest BCUT2D eigenvalue weighted by Crippen LogP contribution is 2.20. The van der Waals surface area contributed by atoms with Gasteiger partial charge in [-0.05, 0) is 25.5 Å². The summed E-state index contributed by atoms with van der Waals surface area (Å²) in [6.07, 6.45) is 1.04. The van der Waals surface area contributed by atoms with E-state index in [4.69, 9.17) is 10.2 Å².